The first kappa shape index (κ1) is 17.5. The Morgan fingerprint density at radius 3 is 2.67 bits per heavy atom. The van der Waals surface area contributed by atoms with E-state index < -0.39 is 10.0 Å². The molecule has 1 heterocycles. The van der Waals surface area contributed by atoms with Crippen molar-refractivity contribution in [3.8, 4) is 0 Å². The number of nitrogens with zero attached hydrogens (tertiary/aromatic N) is 1. The monoisotopic (exact) mass is 348 g/mol. The van der Waals surface area contributed by atoms with Crippen molar-refractivity contribution < 1.29 is 8.42 Å². The second-order valence-corrected chi connectivity index (χ2v) is 9.24. The Morgan fingerprint density at radius 1 is 1.33 bits per heavy atom. The Labute approximate surface area is 146 Å². The second kappa shape index (κ2) is 6.52. The third-order valence-corrected chi connectivity index (χ3v) is 6.35. The van der Waals surface area contributed by atoms with Crippen molar-refractivity contribution in [2.45, 2.75) is 31.6 Å². The molecule has 3 rings (SSSR count). The molecule has 1 aromatic carbocycles. The van der Waals surface area contributed by atoms with E-state index in [0.717, 1.165) is 6.42 Å². The molecule has 1 aromatic rings. The molecule has 2 unspecified atom stereocenters. The maximum Gasteiger partial charge on any atom is 0.229 e. The summed E-state index contributed by atoms with van der Waals surface area (Å²) in [7, 11) is -3.23. The number of hydrogen-bond donors (Lipinski definition) is 1. The number of rotatable bonds is 8. The highest BCUT2D eigenvalue weighted by molar-refractivity contribution is 7.92. The molecule has 1 N–H and O–H groups in total. The third kappa shape index (κ3) is 3.52. The minimum Gasteiger partial charge on any atom is -0.303 e. The minimum absolute atomic E-state index is 0.201. The van der Waals surface area contributed by atoms with Gasteiger partial charge in [0, 0.05) is 24.2 Å². The van der Waals surface area contributed by atoms with Gasteiger partial charge in [0.05, 0.1) is 6.26 Å². The van der Waals surface area contributed by atoms with Crippen LogP contribution in [0.1, 0.15) is 31.7 Å². The zero-order chi connectivity index (χ0) is 17.4. The van der Waals surface area contributed by atoms with Crippen molar-refractivity contribution in [2.24, 2.45) is 11.8 Å². The molecule has 1 aliphatic heterocycles. The fraction of sp³-hybridized carbons (Fsp3) is 0.579. The number of fused-ring (bicyclic) bond motifs is 1. The zero-order valence-corrected chi connectivity index (χ0v) is 15.5. The molecule has 4 nitrogen and oxygen atoms in total. The number of likely N-dealkylation sites (tertiary alicyclic amines) is 1. The van der Waals surface area contributed by atoms with Crippen LogP contribution in [0.25, 0.3) is 0 Å². The lowest BCUT2D eigenvalue weighted by Gasteiger charge is -2.24. The summed E-state index contributed by atoms with van der Waals surface area (Å²) < 4.78 is 25.5. The average molecular weight is 349 g/mol. The van der Waals surface area contributed by atoms with Crippen molar-refractivity contribution in [3.05, 3.63) is 42.5 Å². The molecule has 0 amide bonds. The van der Waals surface area contributed by atoms with E-state index in [0.29, 0.717) is 17.5 Å². The van der Waals surface area contributed by atoms with Crippen LogP contribution in [0.5, 0.6) is 0 Å². The summed E-state index contributed by atoms with van der Waals surface area (Å²) in [5.41, 5.74) is 2.13. The Morgan fingerprint density at radius 2 is 2.04 bits per heavy atom. The van der Waals surface area contributed by atoms with Gasteiger partial charge >= 0.3 is 0 Å². The van der Waals surface area contributed by atoms with Gasteiger partial charge in [-0.2, -0.15) is 0 Å². The van der Waals surface area contributed by atoms with E-state index in [1.165, 1.54) is 44.3 Å². The van der Waals surface area contributed by atoms with Gasteiger partial charge in [-0.3, -0.25) is 4.72 Å². The maximum absolute atomic E-state index is 11.4. The van der Waals surface area contributed by atoms with Gasteiger partial charge < -0.3 is 4.90 Å². The van der Waals surface area contributed by atoms with Gasteiger partial charge in [-0.05, 0) is 55.3 Å². The normalized spacial score (nSPS) is 29.2. The molecule has 1 saturated carbocycles. The Kier molecular flexibility index (Phi) is 4.76. The molecular formula is C19H28N2O2S. The fourth-order valence-electron chi connectivity index (χ4n) is 4.33. The Hall–Kier alpha value is -1.33. The first-order chi connectivity index (χ1) is 11.3. The SMILES string of the molecule is C=CCCCCN1CC2C(C1)C2(C)c1cccc(NS(C)(=O)=O)c1. The molecule has 132 valence electrons. The van der Waals surface area contributed by atoms with Crippen LogP contribution in [-0.4, -0.2) is 39.2 Å². The van der Waals surface area contributed by atoms with Gasteiger partial charge in [-0.1, -0.05) is 25.1 Å². The predicted octanol–water partition coefficient (Wildman–Crippen LogP) is 3.23. The molecule has 2 aliphatic rings. The minimum atomic E-state index is -3.23. The Balaban J connectivity index is 1.60. The van der Waals surface area contributed by atoms with E-state index in [2.05, 4.69) is 29.2 Å². The van der Waals surface area contributed by atoms with Crippen molar-refractivity contribution in [3.63, 3.8) is 0 Å². The van der Waals surface area contributed by atoms with E-state index in [1.807, 2.05) is 24.3 Å². The molecule has 0 radical (unpaired) electrons. The van der Waals surface area contributed by atoms with Crippen molar-refractivity contribution >= 4 is 15.7 Å². The summed E-state index contributed by atoms with van der Waals surface area (Å²) in [4.78, 5) is 2.58. The zero-order valence-electron chi connectivity index (χ0n) is 14.7. The average Bonchev–Trinajstić information content (AvgIpc) is 2.88. The topological polar surface area (TPSA) is 49.4 Å². The lowest BCUT2D eigenvalue weighted by atomic mass is 9.92. The van der Waals surface area contributed by atoms with Crippen LogP contribution in [0.15, 0.2) is 36.9 Å². The van der Waals surface area contributed by atoms with Crippen LogP contribution in [0, 0.1) is 11.8 Å². The quantitative estimate of drug-likeness (QED) is 0.580. The van der Waals surface area contributed by atoms with E-state index >= 15 is 0 Å². The molecular weight excluding hydrogens is 320 g/mol. The van der Waals surface area contributed by atoms with Gasteiger partial charge in [0.1, 0.15) is 0 Å². The fourth-order valence-corrected chi connectivity index (χ4v) is 4.88. The summed E-state index contributed by atoms with van der Waals surface area (Å²) in [6.45, 7) is 9.62. The number of hydrogen-bond acceptors (Lipinski definition) is 3. The Bertz CT molecular complexity index is 702. The summed E-state index contributed by atoms with van der Waals surface area (Å²) >= 11 is 0. The number of nitrogens with one attached hydrogen (secondary N) is 1. The number of unbranched alkanes of at least 4 members (excludes halogenated alkanes) is 2. The first-order valence-corrected chi connectivity index (χ1v) is 10.7. The smallest absolute Gasteiger partial charge is 0.229 e. The van der Waals surface area contributed by atoms with Crippen molar-refractivity contribution in [2.75, 3.05) is 30.6 Å². The number of sulfonamides is 1. The lowest BCUT2D eigenvalue weighted by Crippen LogP contribution is -2.29. The molecule has 2 atom stereocenters. The molecule has 0 bridgehead atoms. The number of piperidine rings is 1. The van der Waals surface area contributed by atoms with Crippen LogP contribution < -0.4 is 4.72 Å². The van der Waals surface area contributed by atoms with Gasteiger partial charge in [0.2, 0.25) is 10.0 Å². The van der Waals surface area contributed by atoms with Crippen LogP contribution in [0.3, 0.4) is 0 Å². The first-order valence-electron chi connectivity index (χ1n) is 8.76. The number of anilines is 1. The van der Waals surface area contributed by atoms with Gasteiger partial charge in [-0.25, -0.2) is 8.42 Å². The molecule has 0 aromatic heterocycles. The highest BCUT2D eigenvalue weighted by Crippen LogP contribution is 2.63. The van der Waals surface area contributed by atoms with Gasteiger partial charge in [0.25, 0.3) is 0 Å². The molecule has 0 spiro atoms. The van der Waals surface area contributed by atoms with E-state index in [1.54, 1.807) is 0 Å². The molecule has 5 heteroatoms. The lowest BCUT2D eigenvalue weighted by molar-refractivity contribution is 0.272. The van der Waals surface area contributed by atoms with E-state index in [-0.39, 0.29) is 5.41 Å². The molecule has 24 heavy (non-hydrogen) atoms. The van der Waals surface area contributed by atoms with Crippen LogP contribution in [0.4, 0.5) is 5.69 Å². The summed E-state index contributed by atoms with van der Waals surface area (Å²) in [5, 5.41) is 0. The summed E-state index contributed by atoms with van der Waals surface area (Å²) in [6.07, 6.45) is 6.77. The van der Waals surface area contributed by atoms with Crippen molar-refractivity contribution in [1.29, 1.82) is 0 Å². The van der Waals surface area contributed by atoms with E-state index in [9.17, 15) is 8.42 Å². The highest BCUT2D eigenvalue weighted by atomic mass is 32.2. The van der Waals surface area contributed by atoms with Crippen molar-refractivity contribution in [1.82, 2.24) is 4.90 Å². The molecule has 1 saturated heterocycles. The van der Waals surface area contributed by atoms with Crippen LogP contribution >= 0.6 is 0 Å². The van der Waals surface area contributed by atoms with Crippen LogP contribution in [0.2, 0.25) is 0 Å². The van der Waals surface area contributed by atoms with Gasteiger partial charge in [0.15, 0.2) is 0 Å². The standard InChI is InChI=1S/C19H28N2O2S/c1-4-5-6-7-11-21-13-17-18(14-21)19(17,2)15-9-8-10-16(12-15)20-24(3,22)23/h4,8-10,12,17-18,20H,1,5-7,11,13-14H2,2-3H3. The molecule has 1 aliphatic carbocycles. The highest BCUT2D eigenvalue weighted by Gasteiger charge is 2.65. The maximum atomic E-state index is 11.4. The second-order valence-electron chi connectivity index (χ2n) is 7.49. The predicted molar refractivity (Wildman–Crippen MR) is 99.7 cm³/mol. The van der Waals surface area contributed by atoms with E-state index in [4.69, 9.17) is 0 Å². The number of allylic oxidation sites excluding steroid dienone is 1. The molecule has 2 fully saturated rings. The van der Waals surface area contributed by atoms with Gasteiger partial charge in [-0.15, -0.1) is 6.58 Å². The third-order valence-electron chi connectivity index (χ3n) is 5.75. The number of benzene rings is 1. The summed E-state index contributed by atoms with van der Waals surface area (Å²) in [6, 6.07) is 7.92. The largest absolute Gasteiger partial charge is 0.303 e. The van der Waals surface area contributed by atoms with Crippen LogP contribution in [-0.2, 0) is 15.4 Å². The summed E-state index contributed by atoms with van der Waals surface area (Å²) in [5.74, 6) is 1.40.